The second kappa shape index (κ2) is 16.9. The summed E-state index contributed by atoms with van der Waals surface area (Å²) in [6.07, 6.45) is 0. The number of hydrogen-bond donors (Lipinski definition) is 0. The highest BCUT2D eigenvalue weighted by molar-refractivity contribution is 6.03. The van der Waals surface area contributed by atoms with Gasteiger partial charge in [0.1, 0.15) is 0 Å². The highest BCUT2D eigenvalue weighted by atomic mass is 15.1. The lowest BCUT2D eigenvalue weighted by Gasteiger charge is -2.33. The maximum atomic E-state index is 5.24. The molecule has 0 bridgehead atoms. The number of fused-ring (bicyclic) bond motifs is 11. The Labute approximate surface area is 418 Å². The highest BCUT2D eigenvalue weighted by Gasteiger charge is 2.52. The van der Waals surface area contributed by atoms with Crippen LogP contribution < -0.4 is 4.90 Å². The molecule has 12 aromatic rings. The summed E-state index contributed by atoms with van der Waals surface area (Å²) in [5.41, 5.74) is 19.9. The first-order valence-corrected chi connectivity index (χ1v) is 24.6. The molecule has 1 unspecified atom stereocenters. The molecule has 72 heavy (non-hydrogen) atoms. The third-order valence-electron chi connectivity index (χ3n) is 14.7. The van der Waals surface area contributed by atoms with Gasteiger partial charge in [0.15, 0.2) is 17.5 Å². The maximum absolute atomic E-state index is 5.24. The Morgan fingerprint density at radius 1 is 0.264 bits per heavy atom. The van der Waals surface area contributed by atoms with Gasteiger partial charge in [0.2, 0.25) is 0 Å². The number of aromatic nitrogens is 3. The van der Waals surface area contributed by atoms with Gasteiger partial charge in [-0.2, -0.15) is 0 Å². The summed E-state index contributed by atoms with van der Waals surface area (Å²) in [7, 11) is 0. The molecule has 0 aliphatic heterocycles. The van der Waals surface area contributed by atoms with Crippen LogP contribution in [0.15, 0.2) is 267 Å². The molecule has 0 N–H and O–H groups in total. The predicted octanol–water partition coefficient (Wildman–Crippen LogP) is 17.2. The molecule has 4 heteroatoms. The van der Waals surface area contributed by atoms with E-state index in [1.165, 1.54) is 66.4 Å². The van der Waals surface area contributed by atoms with Crippen molar-refractivity contribution in [2.45, 2.75) is 5.41 Å². The summed E-state index contributed by atoms with van der Waals surface area (Å²) >= 11 is 0. The first-order valence-electron chi connectivity index (χ1n) is 24.6. The summed E-state index contributed by atoms with van der Waals surface area (Å²) in [6.45, 7) is 0. The highest BCUT2D eigenvalue weighted by Crippen LogP contribution is 2.64. The van der Waals surface area contributed by atoms with E-state index >= 15 is 0 Å². The fourth-order valence-corrected chi connectivity index (χ4v) is 11.5. The van der Waals surface area contributed by atoms with E-state index in [1.54, 1.807) is 0 Å². The number of nitrogens with zero attached hydrogens (tertiary/aromatic N) is 4. The summed E-state index contributed by atoms with van der Waals surface area (Å²) in [6, 6.07) is 96.4. The van der Waals surface area contributed by atoms with E-state index < -0.39 is 5.41 Å². The van der Waals surface area contributed by atoms with Gasteiger partial charge in [0.25, 0.3) is 0 Å². The molecule has 1 heterocycles. The van der Waals surface area contributed by atoms with E-state index in [2.05, 4.69) is 235 Å². The Morgan fingerprint density at radius 3 is 1.38 bits per heavy atom. The molecule has 1 spiro atoms. The van der Waals surface area contributed by atoms with Crippen molar-refractivity contribution in [3.8, 4) is 78.7 Å². The molecule has 336 valence electrons. The van der Waals surface area contributed by atoms with Crippen LogP contribution in [-0.2, 0) is 5.41 Å². The van der Waals surface area contributed by atoms with Crippen LogP contribution in [0, 0.1) is 0 Å². The Bertz CT molecular complexity index is 3960. The Hall–Kier alpha value is -9.51. The van der Waals surface area contributed by atoms with E-state index in [1.807, 2.05) is 36.4 Å². The molecule has 0 fully saturated rings. The van der Waals surface area contributed by atoms with Gasteiger partial charge in [-0.1, -0.05) is 231 Å². The first kappa shape index (κ1) is 41.5. The molecule has 11 aromatic carbocycles. The van der Waals surface area contributed by atoms with Crippen molar-refractivity contribution < 1.29 is 0 Å². The number of benzene rings is 11. The summed E-state index contributed by atoms with van der Waals surface area (Å²) < 4.78 is 0. The third kappa shape index (κ3) is 6.57. The SMILES string of the molecule is c1ccc(-c2ccc(N(c3ccc4c(c3)C3(c5ccccc5-c5ccc(-c6nc(-c7ccccc7)nc(-c7ccccc7)n6)cc53)c3ccccc3-4)c3cccc4ccccc34)c(-c3ccccc3)c2)cc1. The van der Waals surface area contributed by atoms with E-state index in [0.717, 1.165) is 44.9 Å². The smallest absolute Gasteiger partial charge is 0.164 e. The van der Waals surface area contributed by atoms with Gasteiger partial charge in [-0.05, 0) is 103 Å². The van der Waals surface area contributed by atoms with Crippen molar-refractivity contribution in [1.29, 1.82) is 0 Å². The molecule has 14 rings (SSSR count). The van der Waals surface area contributed by atoms with Crippen molar-refractivity contribution in [2.24, 2.45) is 0 Å². The molecule has 2 aliphatic carbocycles. The van der Waals surface area contributed by atoms with Crippen molar-refractivity contribution in [1.82, 2.24) is 15.0 Å². The standard InChI is InChI=1S/C68H44N4/c1-5-20-45(21-6-1)50-37-41-64(58(42-50)47-22-7-2-8-23-47)72(63-35-19-29-46-24-13-14-30-53(46)63)52-38-40-57-55-32-16-18-34-60(55)68(62(57)44-52)59-33-17-15-31-54(59)56-39-36-51(43-61(56)68)67-70-65(48-25-9-3-10-26-48)69-66(71-67)49-27-11-4-12-28-49/h1-44H. The molecule has 4 nitrogen and oxygen atoms in total. The molecule has 0 amide bonds. The Kier molecular flexibility index (Phi) is 9.71. The van der Waals surface area contributed by atoms with Gasteiger partial charge in [-0.15, -0.1) is 0 Å². The van der Waals surface area contributed by atoms with Crippen LogP contribution in [0.1, 0.15) is 22.3 Å². The fraction of sp³-hybridized carbons (Fsp3) is 0.0147. The topological polar surface area (TPSA) is 41.9 Å². The summed E-state index contributed by atoms with van der Waals surface area (Å²) in [5.74, 6) is 1.91. The summed E-state index contributed by atoms with van der Waals surface area (Å²) in [4.78, 5) is 18.0. The van der Waals surface area contributed by atoms with Crippen LogP contribution in [-0.4, -0.2) is 15.0 Å². The van der Waals surface area contributed by atoms with Crippen LogP contribution in [0.5, 0.6) is 0 Å². The van der Waals surface area contributed by atoms with Gasteiger partial charge in [0, 0.05) is 33.3 Å². The van der Waals surface area contributed by atoms with Gasteiger partial charge < -0.3 is 4.90 Å². The normalized spacial score (nSPS) is 13.9. The van der Waals surface area contributed by atoms with E-state index in [0.29, 0.717) is 17.5 Å². The third-order valence-corrected chi connectivity index (χ3v) is 14.7. The molecule has 0 radical (unpaired) electrons. The minimum Gasteiger partial charge on any atom is -0.309 e. The van der Waals surface area contributed by atoms with Gasteiger partial charge >= 0.3 is 0 Å². The van der Waals surface area contributed by atoms with Crippen molar-refractivity contribution in [3.05, 3.63) is 289 Å². The lowest BCUT2D eigenvalue weighted by Crippen LogP contribution is -2.26. The number of anilines is 3. The zero-order valence-electron chi connectivity index (χ0n) is 39.2. The van der Waals surface area contributed by atoms with E-state index in [-0.39, 0.29) is 0 Å². The van der Waals surface area contributed by atoms with Crippen LogP contribution in [0.2, 0.25) is 0 Å². The average molecular weight is 917 g/mol. The van der Waals surface area contributed by atoms with Gasteiger partial charge in [-0.3, -0.25) is 0 Å². The molecular weight excluding hydrogens is 873 g/mol. The summed E-state index contributed by atoms with van der Waals surface area (Å²) in [5, 5.41) is 2.36. The zero-order chi connectivity index (χ0) is 47.6. The molecule has 0 saturated carbocycles. The van der Waals surface area contributed by atoms with Crippen molar-refractivity contribution in [3.63, 3.8) is 0 Å². The lowest BCUT2D eigenvalue weighted by molar-refractivity contribution is 0.793. The fourth-order valence-electron chi connectivity index (χ4n) is 11.5. The average Bonchev–Trinajstić information content (AvgIpc) is 3.93. The monoisotopic (exact) mass is 916 g/mol. The van der Waals surface area contributed by atoms with E-state index in [9.17, 15) is 0 Å². The largest absolute Gasteiger partial charge is 0.309 e. The lowest BCUT2D eigenvalue weighted by atomic mass is 9.70. The molecule has 2 aliphatic rings. The minimum absolute atomic E-state index is 0.631. The van der Waals surface area contributed by atoms with Crippen LogP contribution in [0.4, 0.5) is 17.1 Å². The molecule has 0 saturated heterocycles. The van der Waals surface area contributed by atoms with Gasteiger partial charge in [0.05, 0.1) is 16.8 Å². The minimum atomic E-state index is -0.661. The number of rotatable bonds is 8. The van der Waals surface area contributed by atoms with Crippen LogP contribution in [0.3, 0.4) is 0 Å². The quantitative estimate of drug-likeness (QED) is 0.152. The number of hydrogen-bond acceptors (Lipinski definition) is 4. The van der Waals surface area contributed by atoms with E-state index in [4.69, 9.17) is 15.0 Å². The second-order valence-electron chi connectivity index (χ2n) is 18.7. The predicted molar refractivity (Wildman–Crippen MR) is 295 cm³/mol. The van der Waals surface area contributed by atoms with Crippen LogP contribution in [0.25, 0.3) is 89.4 Å². The Balaban J connectivity index is 1.03. The van der Waals surface area contributed by atoms with Crippen molar-refractivity contribution >= 4 is 27.8 Å². The molecule has 1 atom stereocenters. The van der Waals surface area contributed by atoms with Gasteiger partial charge in [-0.25, -0.2) is 15.0 Å². The molecular formula is C68H44N4. The molecule has 1 aromatic heterocycles. The Morgan fingerprint density at radius 2 is 0.736 bits per heavy atom. The first-order chi connectivity index (χ1) is 35.7. The second-order valence-corrected chi connectivity index (χ2v) is 18.7. The van der Waals surface area contributed by atoms with Crippen molar-refractivity contribution in [2.75, 3.05) is 4.90 Å². The zero-order valence-corrected chi connectivity index (χ0v) is 39.2. The maximum Gasteiger partial charge on any atom is 0.164 e. The van der Waals surface area contributed by atoms with Crippen LogP contribution >= 0.6 is 0 Å².